The second-order valence-corrected chi connectivity index (χ2v) is 16.6. The molecular formula is C60H34N8. The number of hydrogen-bond acceptors (Lipinski definition) is 5. The van der Waals surface area contributed by atoms with Crippen molar-refractivity contribution >= 4 is 49.3 Å². The lowest BCUT2D eigenvalue weighted by Crippen LogP contribution is -2.06. The largest absolute Gasteiger partial charge is 0.308 e. The highest BCUT2D eigenvalue weighted by Crippen LogP contribution is 2.44. The van der Waals surface area contributed by atoms with Crippen LogP contribution in [0.15, 0.2) is 206 Å². The quantitative estimate of drug-likeness (QED) is 0.149. The van der Waals surface area contributed by atoms with Crippen LogP contribution in [-0.4, -0.2) is 24.1 Å². The third kappa shape index (κ3) is 6.63. The lowest BCUT2D eigenvalue weighted by molar-refractivity contribution is 1.07. The predicted molar refractivity (Wildman–Crippen MR) is 271 cm³/mol. The first-order valence-corrected chi connectivity index (χ1v) is 22.1. The Hall–Kier alpha value is -9.94. The van der Waals surface area contributed by atoms with Gasteiger partial charge in [-0.2, -0.15) is 10.5 Å². The van der Waals surface area contributed by atoms with Crippen molar-refractivity contribution < 1.29 is 0 Å². The van der Waals surface area contributed by atoms with Crippen LogP contribution in [0.2, 0.25) is 0 Å². The lowest BCUT2D eigenvalue weighted by atomic mass is 10.0. The van der Waals surface area contributed by atoms with Crippen LogP contribution in [0, 0.1) is 29.2 Å². The van der Waals surface area contributed by atoms with Crippen LogP contribution in [0.1, 0.15) is 11.1 Å². The van der Waals surface area contributed by atoms with Crippen LogP contribution in [0.5, 0.6) is 0 Å². The van der Waals surface area contributed by atoms with Gasteiger partial charge < -0.3 is 9.13 Å². The molecule has 0 atom stereocenters. The summed E-state index contributed by atoms with van der Waals surface area (Å²) in [6.07, 6.45) is 0. The van der Waals surface area contributed by atoms with E-state index in [2.05, 4.69) is 117 Å². The van der Waals surface area contributed by atoms with Gasteiger partial charge in [-0.1, -0.05) is 133 Å². The van der Waals surface area contributed by atoms with Gasteiger partial charge in [0.15, 0.2) is 23.2 Å². The molecule has 9 aromatic carbocycles. The summed E-state index contributed by atoms with van der Waals surface area (Å²) in [5.41, 5.74) is 13.4. The summed E-state index contributed by atoms with van der Waals surface area (Å²) in [6, 6.07) is 73.4. The monoisotopic (exact) mass is 866 g/mol. The van der Waals surface area contributed by atoms with E-state index in [1.54, 1.807) is 0 Å². The molecule has 0 aliphatic rings. The standard InChI is InChI=1S/C60H34N8/c1-63-51-35-57(68-53-19-11-9-17-47(53)49-33-45(29-31-55(49)68)41-26-22-39(37-62)23-27-41)56(34-50(51)60-65-58(42-12-4-2-5-13-42)64-59(66-60)43-14-6-3-7-15-43)67-52-18-10-8-16-46(52)48-32-44(28-30-54(48)67)40-24-20-38(36-61)21-25-40/h2-35H. The highest BCUT2D eigenvalue weighted by atomic mass is 15.1. The minimum absolute atomic E-state index is 0.384. The molecule has 3 heterocycles. The van der Waals surface area contributed by atoms with Crippen molar-refractivity contribution in [2.45, 2.75) is 0 Å². The molecule has 12 aromatic rings. The van der Waals surface area contributed by atoms with Gasteiger partial charge in [-0.05, 0) is 95.1 Å². The summed E-state index contributed by atoms with van der Waals surface area (Å²) >= 11 is 0. The Morgan fingerprint density at radius 3 is 1.22 bits per heavy atom. The normalized spacial score (nSPS) is 11.2. The van der Waals surface area contributed by atoms with Crippen LogP contribution in [0.3, 0.4) is 0 Å². The third-order valence-electron chi connectivity index (χ3n) is 12.7. The number of rotatable bonds is 7. The Kier molecular flexibility index (Phi) is 9.47. The maximum absolute atomic E-state index is 9.52. The predicted octanol–water partition coefficient (Wildman–Crippen LogP) is 14.7. The van der Waals surface area contributed by atoms with E-state index >= 15 is 0 Å². The molecular weight excluding hydrogens is 833 g/mol. The summed E-state index contributed by atoms with van der Waals surface area (Å²) in [5, 5.41) is 23.2. The Bertz CT molecular complexity index is 4030. The molecule has 12 rings (SSSR count). The molecule has 0 aliphatic heterocycles. The van der Waals surface area contributed by atoms with Gasteiger partial charge in [0.05, 0.1) is 63.3 Å². The van der Waals surface area contributed by atoms with Crippen molar-refractivity contribution in [3.63, 3.8) is 0 Å². The number of benzene rings is 9. The summed E-state index contributed by atoms with van der Waals surface area (Å²) in [7, 11) is 0. The minimum Gasteiger partial charge on any atom is -0.308 e. The second-order valence-electron chi connectivity index (χ2n) is 16.6. The fourth-order valence-electron chi connectivity index (χ4n) is 9.42. The van der Waals surface area contributed by atoms with E-state index in [1.807, 2.05) is 115 Å². The van der Waals surface area contributed by atoms with Crippen molar-refractivity contribution in [1.82, 2.24) is 24.1 Å². The van der Waals surface area contributed by atoms with Crippen molar-refractivity contribution in [2.75, 3.05) is 0 Å². The average Bonchev–Trinajstić information content (AvgIpc) is 3.93. The maximum Gasteiger partial charge on any atom is 0.200 e. The maximum atomic E-state index is 9.52. The topological polar surface area (TPSA) is 100 Å². The van der Waals surface area contributed by atoms with Gasteiger partial charge in [-0.3, -0.25) is 0 Å². The number of aromatic nitrogens is 5. The number of fused-ring (bicyclic) bond motifs is 6. The van der Waals surface area contributed by atoms with Gasteiger partial charge in [0.25, 0.3) is 0 Å². The molecule has 0 radical (unpaired) electrons. The van der Waals surface area contributed by atoms with Crippen molar-refractivity contribution in [1.29, 1.82) is 10.5 Å². The second kappa shape index (κ2) is 16.2. The van der Waals surface area contributed by atoms with E-state index in [4.69, 9.17) is 21.5 Å². The van der Waals surface area contributed by atoms with Gasteiger partial charge >= 0.3 is 0 Å². The molecule has 0 N–H and O–H groups in total. The van der Waals surface area contributed by atoms with Crippen molar-refractivity contribution in [3.05, 3.63) is 229 Å². The van der Waals surface area contributed by atoms with E-state index in [0.29, 0.717) is 39.9 Å². The van der Waals surface area contributed by atoms with Gasteiger partial charge in [-0.15, -0.1) is 0 Å². The SMILES string of the molecule is [C-]#[N+]c1cc(-n2c3ccccc3c3cc(-c4ccc(C#N)cc4)ccc32)c(-n2c3ccccc3c3cc(-c4ccc(C#N)cc4)ccc32)cc1-c1nc(-c2ccccc2)nc(-c2ccccc2)n1. The van der Waals surface area contributed by atoms with E-state index < -0.39 is 0 Å². The summed E-state index contributed by atoms with van der Waals surface area (Å²) in [5.74, 6) is 1.39. The molecule has 8 heteroatoms. The molecule has 314 valence electrons. The highest BCUT2D eigenvalue weighted by Gasteiger charge is 2.24. The van der Waals surface area contributed by atoms with Gasteiger partial charge in [0.1, 0.15) is 0 Å². The van der Waals surface area contributed by atoms with E-state index in [9.17, 15) is 10.5 Å². The number of hydrogen-bond donors (Lipinski definition) is 0. The van der Waals surface area contributed by atoms with Gasteiger partial charge in [0, 0.05) is 38.2 Å². The van der Waals surface area contributed by atoms with Crippen LogP contribution in [-0.2, 0) is 0 Å². The van der Waals surface area contributed by atoms with Crippen LogP contribution < -0.4 is 0 Å². The molecule has 0 bridgehead atoms. The molecule has 0 saturated heterocycles. The van der Waals surface area contributed by atoms with Crippen LogP contribution in [0.4, 0.5) is 5.69 Å². The number of nitrogens with zero attached hydrogens (tertiary/aromatic N) is 8. The zero-order valence-electron chi connectivity index (χ0n) is 36.2. The molecule has 0 fully saturated rings. The Morgan fingerprint density at radius 1 is 0.368 bits per heavy atom. The zero-order valence-corrected chi connectivity index (χ0v) is 36.2. The van der Waals surface area contributed by atoms with Crippen LogP contribution >= 0.6 is 0 Å². The smallest absolute Gasteiger partial charge is 0.200 e. The molecule has 0 aliphatic carbocycles. The number of para-hydroxylation sites is 2. The molecule has 8 nitrogen and oxygen atoms in total. The third-order valence-corrected chi connectivity index (χ3v) is 12.7. The summed E-state index contributed by atoms with van der Waals surface area (Å²) in [4.78, 5) is 19.5. The van der Waals surface area contributed by atoms with E-state index in [1.165, 1.54) is 0 Å². The Balaban J connectivity index is 1.17. The molecule has 0 unspecified atom stereocenters. The minimum atomic E-state index is 0.384. The fraction of sp³-hybridized carbons (Fsp3) is 0. The lowest BCUT2D eigenvalue weighted by Gasteiger charge is -2.19. The molecule has 0 saturated carbocycles. The van der Waals surface area contributed by atoms with E-state index in [-0.39, 0.29) is 0 Å². The molecule has 0 amide bonds. The molecule has 3 aromatic heterocycles. The molecule has 0 spiro atoms. The molecule has 68 heavy (non-hydrogen) atoms. The first-order chi connectivity index (χ1) is 33.6. The average molecular weight is 867 g/mol. The van der Waals surface area contributed by atoms with Crippen molar-refractivity contribution in [3.8, 4) is 79.9 Å². The zero-order chi connectivity index (χ0) is 45.7. The first-order valence-electron chi connectivity index (χ1n) is 22.1. The van der Waals surface area contributed by atoms with E-state index in [0.717, 1.165) is 88.4 Å². The van der Waals surface area contributed by atoms with Crippen molar-refractivity contribution in [2.24, 2.45) is 0 Å². The highest BCUT2D eigenvalue weighted by molar-refractivity contribution is 6.13. The van der Waals surface area contributed by atoms with Crippen LogP contribution in [0.25, 0.3) is 116 Å². The Morgan fingerprint density at radius 2 is 0.765 bits per heavy atom. The number of nitriles is 2. The van der Waals surface area contributed by atoms with Gasteiger partial charge in [0.2, 0.25) is 0 Å². The first kappa shape index (κ1) is 39.6. The summed E-state index contributed by atoms with van der Waals surface area (Å²) < 4.78 is 4.56. The summed E-state index contributed by atoms with van der Waals surface area (Å²) in [6.45, 7) is 8.81. The fourth-order valence-corrected chi connectivity index (χ4v) is 9.42. The Labute approximate surface area is 391 Å². The van der Waals surface area contributed by atoms with Gasteiger partial charge in [-0.25, -0.2) is 19.8 Å².